The zero-order chi connectivity index (χ0) is 31.6. The third kappa shape index (κ3) is 8.59. The van der Waals surface area contributed by atoms with Gasteiger partial charge in [0.25, 0.3) is 10.1 Å². The maximum absolute atomic E-state index is 13.8. The van der Waals surface area contributed by atoms with Crippen molar-refractivity contribution in [2.75, 3.05) is 87.2 Å². The zero-order valence-corrected chi connectivity index (χ0v) is 25.1. The number of nitrogens with zero attached hydrogens (tertiary/aromatic N) is 9. The number of fused-ring (bicyclic) bond motifs is 1. The molecule has 2 saturated heterocycles. The van der Waals surface area contributed by atoms with Crippen molar-refractivity contribution in [1.29, 1.82) is 0 Å². The van der Waals surface area contributed by atoms with E-state index >= 15 is 0 Å². The molecule has 16 nitrogen and oxygen atoms in total. The molecule has 0 radical (unpaired) electrons. The van der Waals surface area contributed by atoms with Crippen LogP contribution in [0.1, 0.15) is 0 Å². The average molecular weight is 653 g/mol. The van der Waals surface area contributed by atoms with E-state index in [9.17, 15) is 30.0 Å². The van der Waals surface area contributed by atoms with E-state index < -0.39 is 32.9 Å². The highest BCUT2D eigenvalue weighted by molar-refractivity contribution is 7.88. The van der Waals surface area contributed by atoms with Gasteiger partial charge < -0.3 is 19.9 Å². The van der Waals surface area contributed by atoms with Crippen LogP contribution in [0.4, 0.5) is 30.9 Å². The van der Waals surface area contributed by atoms with Gasteiger partial charge in [0.1, 0.15) is 6.54 Å². The van der Waals surface area contributed by atoms with E-state index in [4.69, 9.17) is 9.29 Å². The standard InChI is InChI=1S/C21H27F3N10O3S.CH4O3S/c1-25-19-26-11-14(12-27-19)16-29-17(31-7-9-37-10-8-31)15-18(30-16)34(13-21(22,23)24)20(28-15)32-3-5-33(6-4-32)38(2,35)36;1-5(2,3)4/h11-12H,3-10,13H2,1-2H3,(H,25,26,27);1H3,(H,2,3,4). The van der Waals surface area contributed by atoms with Crippen LogP contribution in [-0.4, -0.2) is 133 Å². The van der Waals surface area contributed by atoms with E-state index in [0.29, 0.717) is 49.9 Å². The van der Waals surface area contributed by atoms with Crippen LogP contribution in [0.3, 0.4) is 0 Å². The Kier molecular flexibility index (Phi) is 9.59. The fourth-order valence-electron chi connectivity index (χ4n) is 4.46. The first-order valence-electron chi connectivity index (χ1n) is 12.8. The van der Waals surface area contributed by atoms with Crippen molar-refractivity contribution in [2.45, 2.75) is 12.7 Å². The minimum absolute atomic E-state index is 0.0204. The molecule has 0 aliphatic carbocycles. The number of rotatable bonds is 6. The van der Waals surface area contributed by atoms with Gasteiger partial charge in [-0.05, 0) is 0 Å². The molecule has 0 bridgehead atoms. The van der Waals surface area contributed by atoms with Crippen LogP contribution in [0, 0.1) is 0 Å². The number of piperazine rings is 1. The monoisotopic (exact) mass is 652 g/mol. The molecule has 0 aromatic carbocycles. The van der Waals surface area contributed by atoms with Crippen LogP contribution in [0.5, 0.6) is 0 Å². The Balaban J connectivity index is 0.000000782. The van der Waals surface area contributed by atoms with Gasteiger partial charge in [-0.15, -0.1) is 0 Å². The van der Waals surface area contributed by atoms with Crippen LogP contribution in [-0.2, 0) is 31.4 Å². The number of nitrogens with one attached hydrogen (secondary N) is 1. The molecule has 2 N–H and O–H groups in total. The molecule has 3 aromatic rings. The lowest BCUT2D eigenvalue weighted by Gasteiger charge is -2.34. The van der Waals surface area contributed by atoms with Crippen molar-refractivity contribution in [3.05, 3.63) is 12.4 Å². The molecule has 2 fully saturated rings. The van der Waals surface area contributed by atoms with E-state index in [-0.39, 0.29) is 49.1 Å². The van der Waals surface area contributed by atoms with Crippen LogP contribution in [0.25, 0.3) is 22.6 Å². The zero-order valence-electron chi connectivity index (χ0n) is 23.5. The summed E-state index contributed by atoms with van der Waals surface area (Å²) in [5.74, 6) is 0.996. The lowest BCUT2D eigenvalue weighted by atomic mass is 10.3. The highest BCUT2D eigenvalue weighted by atomic mass is 32.2. The molecule has 0 saturated carbocycles. The molecular weight excluding hydrogens is 621 g/mol. The number of morpholine rings is 1. The van der Waals surface area contributed by atoms with Gasteiger partial charge >= 0.3 is 6.18 Å². The normalized spacial score (nSPS) is 17.1. The quantitative estimate of drug-likeness (QED) is 0.346. The van der Waals surface area contributed by atoms with Gasteiger partial charge in [0.15, 0.2) is 22.8 Å². The van der Waals surface area contributed by atoms with Crippen LogP contribution < -0.4 is 15.1 Å². The highest BCUT2D eigenvalue weighted by Crippen LogP contribution is 2.33. The first-order chi connectivity index (χ1) is 20.0. The summed E-state index contributed by atoms with van der Waals surface area (Å²) in [6, 6.07) is 0. The SMILES string of the molecule is CNc1ncc(-c2nc(N3CCOCC3)c3nc(N4CCN(S(C)(=O)=O)CC4)n(CC(F)(F)F)c3n2)cn1.CS(=O)(=O)O. The summed E-state index contributed by atoms with van der Waals surface area (Å²) in [5.41, 5.74) is 0.684. The molecule has 0 amide bonds. The Morgan fingerprint density at radius 2 is 1.51 bits per heavy atom. The Morgan fingerprint density at radius 3 is 2.02 bits per heavy atom. The molecule has 5 heterocycles. The number of halogens is 3. The summed E-state index contributed by atoms with van der Waals surface area (Å²) in [6.45, 7) is 1.15. The van der Waals surface area contributed by atoms with E-state index in [2.05, 4.69) is 30.2 Å². The summed E-state index contributed by atoms with van der Waals surface area (Å²) in [7, 11) is -5.41. The molecule has 5 rings (SSSR count). The number of sulfonamides is 1. The van der Waals surface area contributed by atoms with Gasteiger partial charge in [0, 0.05) is 58.7 Å². The third-order valence-corrected chi connectivity index (χ3v) is 7.63. The molecule has 238 valence electrons. The van der Waals surface area contributed by atoms with Gasteiger partial charge in [-0.3, -0.25) is 9.12 Å². The average Bonchev–Trinajstić information content (AvgIpc) is 3.28. The van der Waals surface area contributed by atoms with Gasteiger partial charge in [0.05, 0.1) is 31.3 Å². The predicted molar refractivity (Wildman–Crippen MR) is 151 cm³/mol. The number of hydrogen-bond acceptors (Lipinski definition) is 13. The summed E-state index contributed by atoms with van der Waals surface area (Å²) in [6.07, 6.45) is 0.267. The topological polar surface area (TPSA) is 189 Å². The number of ether oxygens (including phenoxy) is 1. The minimum Gasteiger partial charge on any atom is -0.378 e. The second-order valence-electron chi connectivity index (χ2n) is 9.68. The number of anilines is 3. The van der Waals surface area contributed by atoms with Gasteiger partial charge in [-0.25, -0.2) is 33.3 Å². The Bertz CT molecular complexity index is 1630. The molecule has 0 unspecified atom stereocenters. The molecule has 2 aliphatic heterocycles. The molecule has 3 aromatic heterocycles. The Hall–Kier alpha value is -3.40. The number of aromatic nitrogens is 6. The summed E-state index contributed by atoms with van der Waals surface area (Å²) >= 11 is 0. The summed E-state index contributed by atoms with van der Waals surface area (Å²) < 4.78 is 99.0. The van der Waals surface area contributed by atoms with Crippen molar-refractivity contribution < 1.29 is 39.3 Å². The van der Waals surface area contributed by atoms with Crippen LogP contribution in [0.15, 0.2) is 12.4 Å². The van der Waals surface area contributed by atoms with Crippen LogP contribution in [0.2, 0.25) is 0 Å². The number of imidazole rings is 1. The van der Waals surface area contributed by atoms with Crippen molar-refractivity contribution >= 4 is 49.0 Å². The smallest absolute Gasteiger partial charge is 0.378 e. The van der Waals surface area contributed by atoms with Crippen molar-refractivity contribution in [3.8, 4) is 11.4 Å². The first kappa shape index (κ1) is 32.5. The van der Waals surface area contributed by atoms with Crippen molar-refractivity contribution in [2.24, 2.45) is 0 Å². The molecular formula is C22H31F3N10O6S2. The fourth-order valence-corrected chi connectivity index (χ4v) is 5.28. The van der Waals surface area contributed by atoms with Crippen molar-refractivity contribution in [1.82, 2.24) is 33.8 Å². The molecule has 0 atom stereocenters. The number of alkyl halides is 3. The van der Waals surface area contributed by atoms with Crippen molar-refractivity contribution in [3.63, 3.8) is 0 Å². The molecule has 43 heavy (non-hydrogen) atoms. The molecule has 21 heteroatoms. The Labute approximate surface area is 245 Å². The van der Waals surface area contributed by atoms with E-state index in [1.54, 1.807) is 11.9 Å². The third-order valence-electron chi connectivity index (χ3n) is 6.33. The lowest BCUT2D eigenvalue weighted by Crippen LogP contribution is -2.49. The predicted octanol–water partition coefficient (Wildman–Crippen LogP) is 0.310. The maximum Gasteiger partial charge on any atom is 0.406 e. The summed E-state index contributed by atoms with van der Waals surface area (Å²) in [4.78, 5) is 25.7. The minimum atomic E-state index is -4.56. The Morgan fingerprint density at radius 1 is 0.930 bits per heavy atom. The molecule has 0 spiro atoms. The van der Waals surface area contributed by atoms with E-state index in [0.717, 1.165) is 10.8 Å². The highest BCUT2D eigenvalue weighted by Gasteiger charge is 2.35. The van der Waals surface area contributed by atoms with Crippen LogP contribution >= 0.6 is 0 Å². The number of hydrogen-bond donors (Lipinski definition) is 2. The summed E-state index contributed by atoms with van der Waals surface area (Å²) in [5, 5.41) is 2.81. The second-order valence-corrected chi connectivity index (χ2v) is 13.1. The van der Waals surface area contributed by atoms with E-state index in [1.165, 1.54) is 16.7 Å². The lowest BCUT2D eigenvalue weighted by molar-refractivity contribution is -0.139. The maximum atomic E-state index is 13.8. The largest absolute Gasteiger partial charge is 0.406 e. The van der Waals surface area contributed by atoms with Gasteiger partial charge in [-0.2, -0.15) is 25.9 Å². The van der Waals surface area contributed by atoms with Gasteiger partial charge in [-0.1, -0.05) is 0 Å². The van der Waals surface area contributed by atoms with E-state index in [1.807, 2.05) is 4.90 Å². The fraction of sp³-hybridized carbons (Fsp3) is 0.591. The second kappa shape index (κ2) is 12.7. The van der Waals surface area contributed by atoms with Gasteiger partial charge in [0.2, 0.25) is 21.9 Å². The molecule has 2 aliphatic rings. The first-order valence-corrected chi connectivity index (χ1v) is 16.5.